The lowest BCUT2D eigenvalue weighted by atomic mass is 10.2. The van der Waals surface area contributed by atoms with Gasteiger partial charge in [-0.2, -0.15) is 0 Å². The molecule has 0 heterocycles. The van der Waals surface area contributed by atoms with Gasteiger partial charge >= 0.3 is 0 Å². The van der Waals surface area contributed by atoms with E-state index in [2.05, 4.69) is 31.9 Å². The van der Waals surface area contributed by atoms with Crippen molar-refractivity contribution in [2.75, 3.05) is 7.11 Å². The Morgan fingerprint density at radius 1 is 1.11 bits per heavy atom. The van der Waals surface area contributed by atoms with E-state index in [1.807, 2.05) is 0 Å². The summed E-state index contributed by atoms with van der Waals surface area (Å²) < 4.78 is 25.8. The number of halogens is 3. The van der Waals surface area contributed by atoms with Crippen LogP contribution in [-0.4, -0.2) is 7.11 Å². The molecule has 0 saturated carbocycles. The summed E-state index contributed by atoms with van der Waals surface area (Å²) in [5.74, 6) is 1.08. The van der Waals surface area contributed by atoms with Gasteiger partial charge in [-0.3, -0.25) is 0 Å². The van der Waals surface area contributed by atoms with E-state index < -0.39 is 0 Å². The summed E-state index contributed by atoms with van der Waals surface area (Å²) in [5.41, 5.74) is 0.497. The predicted octanol–water partition coefficient (Wildman–Crippen LogP) is 4.94. The molecule has 0 saturated heterocycles. The average Bonchev–Trinajstić information content (AvgIpc) is 2.40. The van der Waals surface area contributed by atoms with Gasteiger partial charge in [0.2, 0.25) is 0 Å². The first-order valence-electron chi connectivity index (χ1n) is 5.50. The molecule has 0 amide bonds. The number of ether oxygens (including phenoxy) is 2. The molecule has 2 nitrogen and oxygen atoms in total. The molecular weight excluding hydrogens is 379 g/mol. The fourth-order valence-electron chi connectivity index (χ4n) is 1.54. The monoisotopic (exact) mass is 388 g/mol. The SMILES string of the molecule is COc1ccc(OCc2cc(Br)ccc2F)c(Br)c1. The summed E-state index contributed by atoms with van der Waals surface area (Å²) in [6.45, 7) is 0.163. The minimum absolute atomic E-state index is 0.163. The molecular formula is C14H11Br2FO2. The maximum absolute atomic E-state index is 13.6. The zero-order valence-electron chi connectivity index (χ0n) is 10.1. The third kappa shape index (κ3) is 3.70. The summed E-state index contributed by atoms with van der Waals surface area (Å²) in [5, 5.41) is 0. The molecule has 0 atom stereocenters. The number of methoxy groups -OCH3 is 1. The van der Waals surface area contributed by atoms with Crippen LogP contribution in [0.3, 0.4) is 0 Å². The molecule has 100 valence electrons. The quantitative estimate of drug-likeness (QED) is 0.737. The first-order chi connectivity index (χ1) is 9.10. The van der Waals surface area contributed by atoms with Gasteiger partial charge in [0.15, 0.2) is 0 Å². The molecule has 2 aromatic carbocycles. The smallest absolute Gasteiger partial charge is 0.134 e. The Bertz CT molecular complexity index is 588. The molecule has 5 heteroatoms. The van der Waals surface area contributed by atoms with E-state index in [4.69, 9.17) is 9.47 Å². The van der Waals surface area contributed by atoms with Crippen LogP contribution in [-0.2, 0) is 6.61 Å². The molecule has 0 N–H and O–H groups in total. The minimum atomic E-state index is -0.284. The van der Waals surface area contributed by atoms with Crippen molar-refractivity contribution in [3.05, 3.63) is 56.7 Å². The highest BCUT2D eigenvalue weighted by atomic mass is 79.9. The summed E-state index contributed by atoms with van der Waals surface area (Å²) in [6, 6.07) is 10.1. The first kappa shape index (κ1) is 14.3. The van der Waals surface area contributed by atoms with Crippen molar-refractivity contribution in [2.45, 2.75) is 6.61 Å². The third-order valence-electron chi connectivity index (χ3n) is 2.53. The largest absolute Gasteiger partial charge is 0.497 e. The molecule has 19 heavy (non-hydrogen) atoms. The van der Waals surface area contributed by atoms with E-state index in [9.17, 15) is 4.39 Å². The van der Waals surface area contributed by atoms with Crippen LogP contribution in [0.4, 0.5) is 4.39 Å². The molecule has 0 unspecified atom stereocenters. The van der Waals surface area contributed by atoms with Gasteiger partial charge in [0.25, 0.3) is 0 Å². The minimum Gasteiger partial charge on any atom is -0.497 e. The molecule has 0 spiro atoms. The van der Waals surface area contributed by atoms with Crippen LogP contribution in [0.1, 0.15) is 5.56 Å². The lowest BCUT2D eigenvalue weighted by Gasteiger charge is -2.10. The van der Waals surface area contributed by atoms with Gasteiger partial charge in [-0.15, -0.1) is 0 Å². The van der Waals surface area contributed by atoms with Crippen LogP contribution in [0.25, 0.3) is 0 Å². The van der Waals surface area contributed by atoms with Crippen LogP contribution in [0, 0.1) is 5.82 Å². The highest BCUT2D eigenvalue weighted by Gasteiger charge is 2.07. The average molecular weight is 390 g/mol. The number of rotatable bonds is 4. The Morgan fingerprint density at radius 2 is 1.89 bits per heavy atom. The van der Waals surface area contributed by atoms with Gasteiger partial charge in [-0.25, -0.2) is 4.39 Å². The summed E-state index contributed by atoms with van der Waals surface area (Å²) in [7, 11) is 1.60. The summed E-state index contributed by atoms with van der Waals surface area (Å²) in [6.07, 6.45) is 0. The Morgan fingerprint density at radius 3 is 2.58 bits per heavy atom. The van der Waals surface area contributed by atoms with Crippen LogP contribution in [0.15, 0.2) is 45.3 Å². The van der Waals surface area contributed by atoms with Crippen molar-refractivity contribution in [1.82, 2.24) is 0 Å². The van der Waals surface area contributed by atoms with Crippen molar-refractivity contribution in [3.63, 3.8) is 0 Å². The van der Waals surface area contributed by atoms with Gasteiger partial charge in [0, 0.05) is 10.0 Å². The Kier molecular flexibility index (Phi) is 4.82. The van der Waals surface area contributed by atoms with Gasteiger partial charge in [-0.1, -0.05) is 15.9 Å². The molecule has 0 fully saturated rings. The molecule has 0 aliphatic carbocycles. The van der Waals surface area contributed by atoms with Crippen LogP contribution in [0.5, 0.6) is 11.5 Å². The van der Waals surface area contributed by atoms with Crippen LogP contribution in [0.2, 0.25) is 0 Å². The number of hydrogen-bond acceptors (Lipinski definition) is 2. The van der Waals surface area contributed by atoms with E-state index in [-0.39, 0.29) is 12.4 Å². The van der Waals surface area contributed by atoms with Crippen molar-refractivity contribution in [1.29, 1.82) is 0 Å². The zero-order valence-corrected chi connectivity index (χ0v) is 13.3. The molecule has 2 rings (SSSR count). The van der Waals surface area contributed by atoms with Gasteiger partial charge < -0.3 is 9.47 Å². The fourth-order valence-corrected chi connectivity index (χ4v) is 2.42. The maximum atomic E-state index is 13.6. The number of benzene rings is 2. The lowest BCUT2D eigenvalue weighted by molar-refractivity contribution is 0.297. The van der Waals surface area contributed by atoms with Crippen molar-refractivity contribution >= 4 is 31.9 Å². The summed E-state index contributed by atoms with van der Waals surface area (Å²) in [4.78, 5) is 0. The van der Waals surface area contributed by atoms with E-state index in [1.165, 1.54) is 6.07 Å². The second kappa shape index (κ2) is 6.39. The van der Waals surface area contributed by atoms with Crippen LogP contribution < -0.4 is 9.47 Å². The van der Waals surface area contributed by atoms with Crippen molar-refractivity contribution in [2.24, 2.45) is 0 Å². The maximum Gasteiger partial charge on any atom is 0.134 e. The second-order valence-corrected chi connectivity index (χ2v) is 5.59. The van der Waals surface area contributed by atoms with Gasteiger partial charge in [0.05, 0.1) is 11.6 Å². The lowest BCUT2D eigenvalue weighted by Crippen LogP contribution is -1.99. The highest BCUT2D eigenvalue weighted by molar-refractivity contribution is 9.10. The van der Waals surface area contributed by atoms with E-state index in [0.717, 1.165) is 14.7 Å². The van der Waals surface area contributed by atoms with Crippen LogP contribution >= 0.6 is 31.9 Å². The first-order valence-corrected chi connectivity index (χ1v) is 7.09. The second-order valence-electron chi connectivity index (χ2n) is 3.82. The normalized spacial score (nSPS) is 10.3. The molecule has 2 aromatic rings. The predicted molar refractivity (Wildman–Crippen MR) is 79.1 cm³/mol. The molecule has 0 radical (unpaired) electrons. The topological polar surface area (TPSA) is 18.5 Å². The molecule has 0 aliphatic rings. The zero-order chi connectivity index (χ0) is 13.8. The van der Waals surface area contributed by atoms with Gasteiger partial charge in [-0.05, 0) is 52.3 Å². The highest BCUT2D eigenvalue weighted by Crippen LogP contribution is 2.30. The fraction of sp³-hybridized carbons (Fsp3) is 0.143. The standard InChI is InChI=1S/C14H11Br2FO2/c1-18-11-3-5-14(12(16)7-11)19-8-9-6-10(15)2-4-13(9)17/h2-7H,8H2,1H3. The van der Waals surface area contributed by atoms with E-state index in [1.54, 1.807) is 37.4 Å². The Balaban J connectivity index is 2.12. The van der Waals surface area contributed by atoms with Gasteiger partial charge in [0.1, 0.15) is 23.9 Å². The molecule has 0 aliphatic heterocycles. The Hall–Kier alpha value is -1.07. The molecule has 0 aromatic heterocycles. The van der Waals surface area contributed by atoms with E-state index >= 15 is 0 Å². The molecule has 0 bridgehead atoms. The summed E-state index contributed by atoms with van der Waals surface area (Å²) >= 11 is 6.69. The van der Waals surface area contributed by atoms with E-state index in [0.29, 0.717) is 11.3 Å². The third-order valence-corrected chi connectivity index (χ3v) is 3.64. The Labute approximate surface area is 127 Å². The number of hydrogen-bond donors (Lipinski definition) is 0. The van der Waals surface area contributed by atoms with Crippen molar-refractivity contribution in [3.8, 4) is 11.5 Å². The van der Waals surface area contributed by atoms with Crippen molar-refractivity contribution < 1.29 is 13.9 Å².